The lowest BCUT2D eigenvalue weighted by atomic mass is 10.1. The Morgan fingerprint density at radius 2 is 1.79 bits per heavy atom. The first kappa shape index (κ1) is 16.0. The Kier molecular flexibility index (Phi) is 6.87. The van der Waals surface area contributed by atoms with E-state index in [2.05, 4.69) is 5.32 Å². The van der Waals surface area contributed by atoms with E-state index in [4.69, 9.17) is 5.73 Å². The molecule has 1 atom stereocenters. The van der Waals surface area contributed by atoms with Crippen LogP contribution in [0.3, 0.4) is 0 Å². The van der Waals surface area contributed by atoms with E-state index in [0.717, 1.165) is 6.42 Å². The molecule has 1 aromatic carbocycles. The van der Waals surface area contributed by atoms with Crippen molar-refractivity contribution in [1.29, 1.82) is 0 Å². The van der Waals surface area contributed by atoms with Gasteiger partial charge in [0.15, 0.2) is 0 Å². The highest BCUT2D eigenvalue weighted by Crippen LogP contribution is 2.21. The van der Waals surface area contributed by atoms with Gasteiger partial charge in [0.2, 0.25) is 0 Å². The molecular weight excluding hydrogens is 253 g/mol. The molecule has 3 N–H and O–H groups in total. The van der Waals surface area contributed by atoms with Gasteiger partial charge < -0.3 is 11.1 Å². The van der Waals surface area contributed by atoms with Crippen LogP contribution in [0, 0.1) is 0 Å². The normalized spacial score (nSPS) is 13.5. The van der Waals surface area contributed by atoms with Crippen LogP contribution >= 0.6 is 0 Å². The van der Waals surface area contributed by atoms with Crippen molar-refractivity contribution >= 4 is 0 Å². The third-order valence-electron chi connectivity index (χ3n) is 2.81. The number of hydrogen-bond donors (Lipinski definition) is 2. The van der Waals surface area contributed by atoms with Gasteiger partial charge in [-0.25, -0.2) is 0 Å². The molecular formula is C14H21F3N2. The Bertz CT molecular complexity index is 338. The van der Waals surface area contributed by atoms with Gasteiger partial charge in [0.1, 0.15) is 0 Å². The minimum atomic E-state index is -4.04. The lowest BCUT2D eigenvalue weighted by Gasteiger charge is -2.13. The van der Waals surface area contributed by atoms with E-state index in [1.807, 2.05) is 30.3 Å². The van der Waals surface area contributed by atoms with E-state index < -0.39 is 12.6 Å². The maximum absolute atomic E-state index is 11.9. The summed E-state index contributed by atoms with van der Waals surface area (Å²) >= 11 is 0. The maximum atomic E-state index is 11.9. The molecule has 0 aliphatic carbocycles. The van der Waals surface area contributed by atoms with E-state index in [1.54, 1.807) is 0 Å². The zero-order valence-corrected chi connectivity index (χ0v) is 10.9. The largest absolute Gasteiger partial charge is 0.389 e. The summed E-state index contributed by atoms with van der Waals surface area (Å²) in [4.78, 5) is 0. The summed E-state index contributed by atoms with van der Waals surface area (Å²) in [6.45, 7) is 1.21. The topological polar surface area (TPSA) is 38.0 Å². The SMILES string of the molecule is NC(CNCCCCC(F)(F)F)Cc1ccccc1. The quantitative estimate of drug-likeness (QED) is 0.715. The lowest BCUT2D eigenvalue weighted by Crippen LogP contribution is -2.36. The van der Waals surface area contributed by atoms with Gasteiger partial charge in [0.05, 0.1) is 0 Å². The molecule has 0 fully saturated rings. The minimum absolute atomic E-state index is 0.00924. The van der Waals surface area contributed by atoms with E-state index in [-0.39, 0.29) is 12.5 Å². The highest BCUT2D eigenvalue weighted by Gasteiger charge is 2.25. The first-order valence-corrected chi connectivity index (χ1v) is 6.54. The van der Waals surface area contributed by atoms with Crippen molar-refractivity contribution < 1.29 is 13.2 Å². The Morgan fingerprint density at radius 3 is 2.42 bits per heavy atom. The van der Waals surface area contributed by atoms with Crippen LogP contribution in [-0.4, -0.2) is 25.3 Å². The van der Waals surface area contributed by atoms with Gasteiger partial charge in [0.25, 0.3) is 0 Å². The van der Waals surface area contributed by atoms with Crippen molar-refractivity contribution in [3.63, 3.8) is 0 Å². The summed E-state index contributed by atoms with van der Waals surface area (Å²) in [5.41, 5.74) is 7.12. The molecule has 0 saturated heterocycles. The smallest absolute Gasteiger partial charge is 0.326 e. The van der Waals surface area contributed by atoms with Crippen LogP contribution in [-0.2, 0) is 6.42 Å². The maximum Gasteiger partial charge on any atom is 0.389 e. The van der Waals surface area contributed by atoms with E-state index >= 15 is 0 Å². The zero-order valence-electron chi connectivity index (χ0n) is 10.9. The Hall–Kier alpha value is -1.07. The van der Waals surface area contributed by atoms with Crippen molar-refractivity contribution in [2.24, 2.45) is 5.73 Å². The number of nitrogens with two attached hydrogens (primary N) is 1. The number of benzene rings is 1. The minimum Gasteiger partial charge on any atom is -0.326 e. The molecule has 0 amide bonds. The summed E-state index contributed by atoms with van der Waals surface area (Å²) < 4.78 is 35.7. The van der Waals surface area contributed by atoms with E-state index in [1.165, 1.54) is 5.56 Å². The fourth-order valence-electron chi connectivity index (χ4n) is 1.85. The van der Waals surface area contributed by atoms with Crippen molar-refractivity contribution in [2.45, 2.75) is 37.9 Å². The third kappa shape index (κ3) is 8.61. The standard InChI is InChI=1S/C14H21F3N2/c15-14(16,17)8-4-5-9-19-11-13(18)10-12-6-2-1-3-7-12/h1-3,6-7,13,19H,4-5,8-11,18H2. The number of unbranched alkanes of at least 4 members (excludes halogenated alkanes) is 1. The fraction of sp³-hybridized carbons (Fsp3) is 0.571. The van der Waals surface area contributed by atoms with Crippen LogP contribution in [0.15, 0.2) is 30.3 Å². The molecule has 0 aliphatic rings. The number of rotatable bonds is 8. The third-order valence-corrected chi connectivity index (χ3v) is 2.81. The summed E-state index contributed by atoms with van der Waals surface area (Å²) in [5.74, 6) is 0. The number of nitrogens with one attached hydrogen (secondary N) is 1. The summed E-state index contributed by atoms with van der Waals surface area (Å²) in [7, 11) is 0. The Labute approximate surface area is 112 Å². The van der Waals surface area contributed by atoms with Gasteiger partial charge in [-0.15, -0.1) is 0 Å². The average Bonchev–Trinajstić information content (AvgIpc) is 2.33. The van der Waals surface area contributed by atoms with Crippen LogP contribution in [0.4, 0.5) is 13.2 Å². The lowest BCUT2D eigenvalue weighted by molar-refractivity contribution is -0.135. The second-order valence-electron chi connectivity index (χ2n) is 4.73. The van der Waals surface area contributed by atoms with Crippen LogP contribution < -0.4 is 11.1 Å². The Morgan fingerprint density at radius 1 is 1.11 bits per heavy atom. The van der Waals surface area contributed by atoms with E-state index in [9.17, 15) is 13.2 Å². The molecule has 108 valence electrons. The molecule has 0 aliphatic heterocycles. The summed E-state index contributed by atoms with van der Waals surface area (Å²) in [6.07, 6.45) is -3.27. The first-order chi connectivity index (χ1) is 8.97. The van der Waals surface area contributed by atoms with Crippen LogP contribution in [0.5, 0.6) is 0 Å². The van der Waals surface area contributed by atoms with Crippen molar-refractivity contribution in [1.82, 2.24) is 5.32 Å². The van der Waals surface area contributed by atoms with E-state index in [0.29, 0.717) is 19.5 Å². The van der Waals surface area contributed by atoms with Crippen molar-refractivity contribution in [3.05, 3.63) is 35.9 Å². The van der Waals surface area contributed by atoms with Gasteiger partial charge in [-0.3, -0.25) is 0 Å². The molecule has 2 nitrogen and oxygen atoms in total. The number of hydrogen-bond acceptors (Lipinski definition) is 2. The van der Waals surface area contributed by atoms with Gasteiger partial charge >= 0.3 is 6.18 Å². The highest BCUT2D eigenvalue weighted by molar-refractivity contribution is 5.15. The molecule has 1 rings (SSSR count). The molecule has 0 spiro atoms. The van der Waals surface area contributed by atoms with Crippen LogP contribution in [0.2, 0.25) is 0 Å². The predicted molar refractivity (Wildman–Crippen MR) is 70.9 cm³/mol. The second kappa shape index (κ2) is 8.17. The molecule has 0 aromatic heterocycles. The molecule has 1 aromatic rings. The Balaban J connectivity index is 2.03. The number of halogens is 3. The molecule has 0 bridgehead atoms. The molecule has 0 heterocycles. The molecule has 19 heavy (non-hydrogen) atoms. The fourth-order valence-corrected chi connectivity index (χ4v) is 1.85. The van der Waals surface area contributed by atoms with Crippen molar-refractivity contribution in [3.8, 4) is 0 Å². The van der Waals surface area contributed by atoms with Gasteiger partial charge in [0, 0.05) is 19.0 Å². The van der Waals surface area contributed by atoms with Crippen molar-refractivity contribution in [2.75, 3.05) is 13.1 Å². The van der Waals surface area contributed by atoms with Gasteiger partial charge in [-0.2, -0.15) is 13.2 Å². The highest BCUT2D eigenvalue weighted by atomic mass is 19.4. The monoisotopic (exact) mass is 274 g/mol. The first-order valence-electron chi connectivity index (χ1n) is 6.54. The molecule has 0 saturated carbocycles. The zero-order chi connectivity index (χ0) is 14.1. The summed E-state index contributed by atoms with van der Waals surface area (Å²) in [6, 6.07) is 9.91. The molecule has 5 heteroatoms. The molecule has 0 radical (unpaired) electrons. The second-order valence-corrected chi connectivity index (χ2v) is 4.73. The summed E-state index contributed by atoms with van der Waals surface area (Å²) in [5, 5.41) is 3.10. The van der Waals surface area contributed by atoms with Gasteiger partial charge in [-0.1, -0.05) is 30.3 Å². The van der Waals surface area contributed by atoms with Crippen LogP contribution in [0.25, 0.3) is 0 Å². The van der Waals surface area contributed by atoms with Crippen LogP contribution in [0.1, 0.15) is 24.8 Å². The number of alkyl halides is 3. The van der Waals surface area contributed by atoms with Gasteiger partial charge in [-0.05, 0) is 31.4 Å². The average molecular weight is 274 g/mol. The predicted octanol–water partition coefficient (Wildman–Crippen LogP) is 2.88. The molecule has 1 unspecified atom stereocenters.